The number of para-hydroxylation sites is 1. The number of hydrogen-bond acceptors (Lipinski definition) is 5. The van der Waals surface area contributed by atoms with Crippen LogP contribution in [-0.4, -0.2) is 16.2 Å². The minimum atomic E-state index is -0.519. The average Bonchev–Trinajstić information content (AvgIpc) is 2.64. The van der Waals surface area contributed by atoms with Crippen LogP contribution in [0.2, 0.25) is 0 Å². The normalized spacial score (nSPS) is 10.8. The summed E-state index contributed by atoms with van der Waals surface area (Å²) < 4.78 is 5.82. The highest BCUT2D eigenvalue weighted by Crippen LogP contribution is 2.27. The van der Waals surface area contributed by atoms with Gasteiger partial charge in [0.25, 0.3) is 5.69 Å². The van der Waals surface area contributed by atoms with E-state index in [2.05, 4.69) is 4.99 Å². The van der Waals surface area contributed by atoms with Crippen molar-refractivity contribution in [2.45, 2.75) is 6.92 Å². The number of hydrogen-bond donors (Lipinski definition) is 1. The highest BCUT2D eigenvalue weighted by atomic mass is 16.6. The van der Waals surface area contributed by atoms with Crippen LogP contribution in [0.5, 0.6) is 17.2 Å². The van der Waals surface area contributed by atoms with Gasteiger partial charge in [0.1, 0.15) is 17.2 Å². The molecule has 0 radical (unpaired) electrons. The summed E-state index contributed by atoms with van der Waals surface area (Å²) in [6.45, 7) is 1.97. The lowest BCUT2D eigenvalue weighted by Gasteiger charge is -2.08. The first kappa shape index (κ1) is 17.2. The van der Waals surface area contributed by atoms with Crippen molar-refractivity contribution in [1.29, 1.82) is 0 Å². The lowest BCUT2D eigenvalue weighted by molar-refractivity contribution is -0.384. The number of ether oxygens (including phenoxy) is 1. The fourth-order valence-electron chi connectivity index (χ4n) is 2.30. The van der Waals surface area contributed by atoms with Gasteiger partial charge in [-0.15, -0.1) is 0 Å². The van der Waals surface area contributed by atoms with Crippen LogP contribution >= 0.6 is 0 Å². The van der Waals surface area contributed by atoms with Crippen LogP contribution in [0.4, 0.5) is 11.4 Å². The SMILES string of the molecule is Cc1ccccc1Oc1ccc(N=Cc2cc([N+](=O)[O-])ccc2O)cc1. The van der Waals surface area contributed by atoms with Crippen LogP contribution in [0.15, 0.2) is 71.7 Å². The molecule has 0 atom stereocenters. The van der Waals surface area contributed by atoms with E-state index in [9.17, 15) is 15.2 Å². The van der Waals surface area contributed by atoms with Crippen LogP contribution in [0, 0.1) is 17.0 Å². The Balaban J connectivity index is 1.75. The van der Waals surface area contributed by atoms with E-state index >= 15 is 0 Å². The second-order valence-electron chi connectivity index (χ2n) is 5.62. The molecule has 6 heteroatoms. The van der Waals surface area contributed by atoms with Gasteiger partial charge >= 0.3 is 0 Å². The lowest BCUT2D eigenvalue weighted by atomic mass is 10.2. The van der Waals surface area contributed by atoms with Crippen molar-refractivity contribution in [3.8, 4) is 17.2 Å². The number of nitro benzene ring substituents is 1. The Morgan fingerprint density at radius 3 is 2.50 bits per heavy atom. The molecule has 0 fully saturated rings. The average molecular weight is 348 g/mol. The monoisotopic (exact) mass is 348 g/mol. The van der Waals surface area contributed by atoms with Gasteiger partial charge in [0.15, 0.2) is 0 Å². The van der Waals surface area contributed by atoms with Gasteiger partial charge in [-0.25, -0.2) is 0 Å². The molecule has 26 heavy (non-hydrogen) atoms. The Morgan fingerprint density at radius 1 is 1.08 bits per heavy atom. The number of aryl methyl sites for hydroxylation is 1. The van der Waals surface area contributed by atoms with Gasteiger partial charge in [-0.2, -0.15) is 0 Å². The molecule has 0 heterocycles. The summed E-state index contributed by atoms with van der Waals surface area (Å²) in [4.78, 5) is 14.5. The third kappa shape index (κ3) is 4.05. The van der Waals surface area contributed by atoms with Gasteiger partial charge in [-0.05, 0) is 48.9 Å². The number of rotatable bonds is 5. The molecule has 0 spiro atoms. The fraction of sp³-hybridized carbons (Fsp3) is 0.0500. The predicted molar refractivity (Wildman–Crippen MR) is 99.7 cm³/mol. The van der Waals surface area contributed by atoms with E-state index in [0.29, 0.717) is 11.4 Å². The maximum atomic E-state index is 10.8. The standard InChI is InChI=1S/C20H16N2O4/c1-14-4-2-3-5-20(14)26-18-9-6-16(7-10-18)21-13-15-12-17(22(24)25)8-11-19(15)23/h2-13,23H,1H3. The molecule has 3 rings (SSSR count). The minimum absolute atomic E-state index is 0.0705. The molecule has 0 aliphatic rings. The number of aromatic hydroxyl groups is 1. The zero-order valence-corrected chi connectivity index (χ0v) is 14.0. The summed E-state index contributed by atoms with van der Waals surface area (Å²) in [6.07, 6.45) is 1.39. The molecule has 0 amide bonds. The van der Waals surface area contributed by atoms with Crippen molar-refractivity contribution in [1.82, 2.24) is 0 Å². The number of nitro groups is 1. The second-order valence-corrected chi connectivity index (χ2v) is 5.62. The van der Waals surface area contributed by atoms with Gasteiger partial charge in [0, 0.05) is 23.9 Å². The van der Waals surface area contributed by atoms with E-state index in [-0.39, 0.29) is 17.0 Å². The van der Waals surface area contributed by atoms with Crippen molar-refractivity contribution < 1.29 is 14.8 Å². The van der Waals surface area contributed by atoms with E-state index < -0.39 is 4.92 Å². The summed E-state index contributed by atoms with van der Waals surface area (Å²) in [7, 11) is 0. The van der Waals surface area contributed by atoms with Gasteiger partial charge < -0.3 is 9.84 Å². The van der Waals surface area contributed by atoms with Crippen molar-refractivity contribution in [3.05, 3.63) is 88.0 Å². The number of non-ortho nitro benzene ring substituents is 1. The zero-order chi connectivity index (χ0) is 18.5. The Bertz CT molecular complexity index is 966. The molecule has 130 valence electrons. The highest BCUT2D eigenvalue weighted by molar-refractivity contribution is 5.86. The van der Waals surface area contributed by atoms with Gasteiger partial charge in [-0.3, -0.25) is 15.1 Å². The van der Waals surface area contributed by atoms with Crippen molar-refractivity contribution in [2.24, 2.45) is 4.99 Å². The predicted octanol–water partition coefficient (Wildman–Crippen LogP) is 5.15. The third-order valence-electron chi connectivity index (χ3n) is 3.73. The Morgan fingerprint density at radius 2 is 1.81 bits per heavy atom. The third-order valence-corrected chi connectivity index (χ3v) is 3.73. The zero-order valence-electron chi connectivity index (χ0n) is 14.0. The second kappa shape index (κ2) is 7.48. The molecule has 0 aliphatic heterocycles. The van der Waals surface area contributed by atoms with Gasteiger partial charge in [-0.1, -0.05) is 18.2 Å². The summed E-state index contributed by atoms with van der Waals surface area (Å²) in [6, 6.07) is 18.6. The molecule has 0 aromatic heterocycles. The van der Waals surface area contributed by atoms with Gasteiger partial charge in [0.05, 0.1) is 10.6 Å². The number of nitrogens with zero attached hydrogens (tertiary/aromatic N) is 2. The smallest absolute Gasteiger partial charge is 0.270 e. The van der Waals surface area contributed by atoms with Crippen LogP contribution in [0.1, 0.15) is 11.1 Å². The molecule has 0 aliphatic carbocycles. The van der Waals surface area contributed by atoms with Crippen LogP contribution in [0.25, 0.3) is 0 Å². The molecule has 0 saturated heterocycles. The van der Waals surface area contributed by atoms with Crippen LogP contribution in [0.3, 0.4) is 0 Å². The quantitative estimate of drug-likeness (QED) is 0.392. The molecule has 3 aromatic rings. The van der Waals surface area contributed by atoms with Crippen molar-refractivity contribution >= 4 is 17.6 Å². The Hall–Kier alpha value is -3.67. The van der Waals surface area contributed by atoms with E-state index in [4.69, 9.17) is 4.74 Å². The molecular formula is C20H16N2O4. The maximum Gasteiger partial charge on any atom is 0.270 e. The number of phenolic OH excluding ortho intramolecular Hbond substituents is 1. The summed E-state index contributed by atoms with van der Waals surface area (Å²) in [5, 5.41) is 20.6. The number of aliphatic imine (C=N–C) groups is 1. The topological polar surface area (TPSA) is 85.0 Å². The summed E-state index contributed by atoms with van der Waals surface area (Å²) in [5.74, 6) is 1.39. The number of phenols is 1. The molecular weight excluding hydrogens is 332 g/mol. The van der Waals surface area contributed by atoms with Crippen molar-refractivity contribution in [2.75, 3.05) is 0 Å². The molecule has 3 aromatic carbocycles. The van der Waals surface area contributed by atoms with Gasteiger partial charge in [0.2, 0.25) is 0 Å². The molecule has 6 nitrogen and oxygen atoms in total. The maximum absolute atomic E-state index is 10.8. The van der Waals surface area contributed by atoms with E-state index in [1.807, 2.05) is 31.2 Å². The molecule has 0 saturated carbocycles. The van der Waals surface area contributed by atoms with Crippen LogP contribution < -0.4 is 4.74 Å². The number of benzene rings is 3. The largest absolute Gasteiger partial charge is 0.507 e. The molecule has 0 unspecified atom stereocenters. The fourth-order valence-corrected chi connectivity index (χ4v) is 2.30. The first-order chi connectivity index (χ1) is 12.5. The Kier molecular flexibility index (Phi) is 4.94. The molecule has 1 N–H and O–H groups in total. The first-order valence-corrected chi connectivity index (χ1v) is 7.88. The van der Waals surface area contributed by atoms with Crippen molar-refractivity contribution in [3.63, 3.8) is 0 Å². The summed E-state index contributed by atoms with van der Waals surface area (Å²) >= 11 is 0. The summed E-state index contributed by atoms with van der Waals surface area (Å²) in [5.41, 5.74) is 1.84. The van der Waals surface area contributed by atoms with E-state index in [1.165, 1.54) is 24.4 Å². The van der Waals surface area contributed by atoms with Crippen LogP contribution in [-0.2, 0) is 0 Å². The highest BCUT2D eigenvalue weighted by Gasteiger charge is 2.08. The molecule has 0 bridgehead atoms. The lowest BCUT2D eigenvalue weighted by Crippen LogP contribution is -1.90. The van der Waals surface area contributed by atoms with E-state index in [0.717, 1.165) is 11.3 Å². The Labute approximate surface area is 150 Å². The minimum Gasteiger partial charge on any atom is -0.507 e. The van der Waals surface area contributed by atoms with E-state index in [1.54, 1.807) is 24.3 Å². The first-order valence-electron chi connectivity index (χ1n) is 7.88.